The van der Waals surface area contributed by atoms with Crippen LogP contribution >= 0.6 is 12.4 Å². The number of likely N-dealkylation sites (tertiary alicyclic amines) is 1. The van der Waals surface area contributed by atoms with E-state index >= 15 is 0 Å². The fourth-order valence-electron chi connectivity index (χ4n) is 3.65. The van der Waals surface area contributed by atoms with E-state index in [1.54, 1.807) is 18.2 Å². The highest BCUT2D eigenvalue weighted by atomic mass is 35.5. The molecular weight excluding hydrogens is 412 g/mol. The van der Waals surface area contributed by atoms with Crippen molar-refractivity contribution in [2.24, 2.45) is 0 Å². The van der Waals surface area contributed by atoms with Gasteiger partial charge in [0.1, 0.15) is 0 Å². The molecular formula is C21H27ClN2O4S. The third-order valence-electron chi connectivity index (χ3n) is 5.19. The van der Waals surface area contributed by atoms with Gasteiger partial charge in [-0.3, -0.25) is 4.90 Å². The maximum Gasteiger partial charge on any atom is 0.240 e. The number of nitrogens with one attached hydrogen (secondary N) is 1. The Labute approximate surface area is 178 Å². The van der Waals surface area contributed by atoms with Gasteiger partial charge in [-0.2, -0.15) is 0 Å². The summed E-state index contributed by atoms with van der Waals surface area (Å²) in [4.78, 5) is 2.59. The van der Waals surface area contributed by atoms with E-state index in [-0.39, 0.29) is 23.3 Å². The highest BCUT2D eigenvalue weighted by Crippen LogP contribution is 2.32. The summed E-state index contributed by atoms with van der Waals surface area (Å²) in [5, 5.41) is 0. The molecule has 2 aliphatic heterocycles. The maximum atomic E-state index is 12.8. The number of hydrogen-bond donors (Lipinski definition) is 1. The minimum absolute atomic E-state index is 0. The second-order valence-corrected chi connectivity index (χ2v) is 9.03. The Kier molecular flexibility index (Phi) is 7.40. The Balaban J connectivity index is 0.00000240. The van der Waals surface area contributed by atoms with E-state index in [9.17, 15) is 8.42 Å². The summed E-state index contributed by atoms with van der Waals surface area (Å²) >= 11 is 0. The molecule has 0 saturated carbocycles. The van der Waals surface area contributed by atoms with Crippen LogP contribution in [0.1, 0.15) is 24.8 Å². The Hall–Kier alpha value is -1.80. The highest BCUT2D eigenvalue weighted by Gasteiger charge is 2.26. The van der Waals surface area contributed by atoms with Crippen molar-refractivity contribution in [1.29, 1.82) is 0 Å². The number of benzene rings is 2. The second-order valence-electron chi connectivity index (χ2n) is 7.32. The fourth-order valence-corrected chi connectivity index (χ4v) is 4.97. The van der Waals surface area contributed by atoms with Crippen LogP contribution in [0.4, 0.5) is 0 Å². The second kappa shape index (κ2) is 9.80. The average Bonchev–Trinajstić information content (AvgIpc) is 2.95. The standard InChI is InChI=1S/C21H26N2O4S.ClH/c24-28(25,19-7-8-20-21(15-19)27-14-4-13-26-20)22-18-9-11-23(12-10-18)16-17-5-2-1-3-6-17;/h1-3,5-8,15,18,22H,4,9-14,16H2;1H. The quantitative estimate of drug-likeness (QED) is 0.776. The summed E-state index contributed by atoms with van der Waals surface area (Å²) in [6.07, 6.45) is 2.39. The predicted molar refractivity (Wildman–Crippen MR) is 114 cm³/mol. The Bertz CT molecular complexity index is 900. The van der Waals surface area contributed by atoms with Crippen LogP contribution in [0.25, 0.3) is 0 Å². The number of fused-ring (bicyclic) bond motifs is 1. The molecule has 0 aromatic heterocycles. The summed E-state index contributed by atoms with van der Waals surface area (Å²) in [7, 11) is -3.59. The lowest BCUT2D eigenvalue weighted by Crippen LogP contribution is -2.44. The van der Waals surface area contributed by atoms with Crippen LogP contribution in [0.5, 0.6) is 11.5 Å². The zero-order valence-corrected chi connectivity index (χ0v) is 17.9. The molecule has 1 saturated heterocycles. The normalized spacial score (nSPS) is 17.9. The average molecular weight is 439 g/mol. The lowest BCUT2D eigenvalue weighted by Gasteiger charge is -2.32. The van der Waals surface area contributed by atoms with Crippen LogP contribution in [0.3, 0.4) is 0 Å². The molecule has 2 heterocycles. The number of hydrogen-bond acceptors (Lipinski definition) is 5. The molecule has 2 aromatic rings. The zero-order valence-electron chi connectivity index (χ0n) is 16.2. The van der Waals surface area contributed by atoms with Gasteiger partial charge in [-0.25, -0.2) is 13.1 Å². The van der Waals surface area contributed by atoms with Crippen molar-refractivity contribution in [2.45, 2.75) is 36.7 Å². The molecule has 0 spiro atoms. The minimum atomic E-state index is -3.59. The van der Waals surface area contributed by atoms with Crippen molar-refractivity contribution < 1.29 is 17.9 Å². The molecule has 0 radical (unpaired) electrons. The number of rotatable bonds is 5. The maximum absolute atomic E-state index is 12.8. The van der Waals surface area contributed by atoms with Crippen LogP contribution < -0.4 is 14.2 Å². The Morgan fingerprint density at radius 1 is 0.966 bits per heavy atom. The molecule has 0 unspecified atom stereocenters. The van der Waals surface area contributed by atoms with Crippen molar-refractivity contribution in [3.05, 3.63) is 54.1 Å². The van der Waals surface area contributed by atoms with Gasteiger partial charge >= 0.3 is 0 Å². The third-order valence-corrected chi connectivity index (χ3v) is 6.71. The highest BCUT2D eigenvalue weighted by molar-refractivity contribution is 7.89. The van der Waals surface area contributed by atoms with E-state index < -0.39 is 10.0 Å². The number of piperidine rings is 1. The summed E-state index contributed by atoms with van der Waals surface area (Å²) in [6.45, 7) is 3.78. The molecule has 0 aliphatic carbocycles. The zero-order chi connectivity index (χ0) is 19.4. The van der Waals surface area contributed by atoms with Gasteiger partial charge < -0.3 is 9.47 Å². The predicted octanol–water partition coefficient (Wildman–Crippen LogP) is 3.21. The van der Waals surface area contributed by atoms with Crippen LogP contribution in [-0.2, 0) is 16.6 Å². The molecule has 0 amide bonds. The van der Waals surface area contributed by atoms with Crippen molar-refractivity contribution >= 4 is 22.4 Å². The molecule has 1 fully saturated rings. The molecule has 8 heteroatoms. The molecule has 2 aliphatic rings. The van der Waals surface area contributed by atoms with Crippen molar-refractivity contribution in [3.8, 4) is 11.5 Å². The van der Waals surface area contributed by atoms with Crippen LogP contribution in [0, 0.1) is 0 Å². The molecule has 29 heavy (non-hydrogen) atoms. The van der Waals surface area contributed by atoms with Crippen LogP contribution in [0.15, 0.2) is 53.4 Å². The van der Waals surface area contributed by atoms with Gasteiger partial charge in [-0.1, -0.05) is 30.3 Å². The number of nitrogens with zero attached hydrogens (tertiary/aromatic N) is 1. The number of halogens is 1. The van der Waals surface area contributed by atoms with Crippen LogP contribution in [-0.4, -0.2) is 45.7 Å². The molecule has 0 atom stereocenters. The summed E-state index contributed by atoms with van der Waals surface area (Å²) in [5.74, 6) is 1.10. The van der Waals surface area contributed by atoms with Crippen molar-refractivity contribution in [1.82, 2.24) is 9.62 Å². The van der Waals surface area contributed by atoms with E-state index in [1.807, 2.05) is 18.2 Å². The summed E-state index contributed by atoms with van der Waals surface area (Å²) in [5.41, 5.74) is 1.29. The van der Waals surface area contributed by atoms with E-state index in [2.05, 4.69) is 21.8 Å². The van der Waals surface area contributed by atoms with Gasteiger partial charge in [0.15, 0.2) is 11.5 Å². The number of ether oxygens (including phenoxy) is 2. The molecule has 0 bridgehead atoms. The van der Waals surface area contributed by atoms with Crippen molar-refractivity contribution in [3.63, 3.8) is 0 Å². The monoisotopic (exact) mass is 438 g/mol. The fraction of sp³-hybridized carbons (Fsp3) is 0.429. The van der Waals surface area contributed by atoms with E-state index in [0.717, 1.165) is 38.9 Å². The summed E-state index contributed by atoms with van der Waals surface area (Å²) in [6, 6.07) is 15.1. The topological polar surface area (TPSA) is 67.9 Å². The largest absolute Gasteiger partial charge is 0.490 e. The molecule has 1 N–H and O–H groups in total. The SMILES string of the molecule is Cl.O=S(=O)(NC1CCN(Cc2ccccc2)CC1)c1ccc2c(c1)OCCCO2. The summed E-state index contributed by atoms with van der Waals surface area (Å²) < 4.78 is 39.7. The van der Waals surface area contributed by atoms with Crippen LogP contribution in [0.2, 0.25) is 0 Å². The Morgan fingerprint density at radius 3 is 2.38 bits per heavy atom. The lowest BCUT2D eigenvalue weighted by molar-refractivity contribution is 0.200. The van der Waals surface area contributed by atoms with Crippen molar-refractivity contribution in [2.75, 3.05) is 26.3 Å². The third kappa shape index (κ3) is 5.63. The molecule has 158 valence electrons. The smallest absolute Gasteiger partial charge is 0.240 e. The van der Waals surface area contributed by atoms with Gasteiger partial charge in [0.2, 0.25) is 10.0 Å². The first-order valence-corrected chi connectivity index (χ1v) is 11.3. The first-order chi connectivity index (χ1) is 13.6. The lowest BCUT2D eigenvalue weighted by atomic mass is 10.1. The molecule has 4 rings (SSSR count). The van der Waals surface area contributed by atoms with E-state index in [0.29, 0.717) is 24.7 Å². The minimum Gasteiger partial charge on any atom is -0.490 e. The van der Waals surface area contributed by atoms with Gasteiger partial charge in [0.25, 0.3) is 0 Å². The van der Waals surface area contributed by atoms with Gasteiger partial charge in [-0.05, 0) is 30.5 Å². The van der Waals surface area contributed by atoms with Gasteiger partial charge in [0.05, 0.1) is 18.1 Å². The molecule has 6 nitrogen and oxygen atoms in total. The van der Waals surface area contributed by atoms with E-state index in [1.165, 1.54) is 5.56 Å². The molecule has 2 aromatic carbocycles. The first kappa shape index (κ1) is 21.9. The van der Waals surface area contributed by atoms with Gasteiger partial charge in [-0.15, -0.1) is 12.4 Å². The first-order valence-electron chi connectivity index (χ1n) is 9.78. The van der Waals surface area contributed by atoms with E-state index in [4.69, 9.17) is 9.47 Å². The Morgan fingerprint density at radius 2 is 1.66 bits per heavy atom. The number of sulfonamides is 1. The van der Waals surface area contributed by atoms with Gasteiger partial charge in [0, 0.05) is 38.2 Å².